The summed E-state index contributed by atoms with van der Waals surface area (Å²) in [5.41, 5.74) is -0.422. The lowest BCUT2D eigenvalue weighted by atomic mass is 9.85. The molecule has 2 fully saturated rings. The molecule has 1 saturated carbocycles. The number of hydrogen-bond donors (Lipinski definition) is 3. The van der Waals surface area contributed by atoms with E-state index in [-0.39, 0.29) is 41.4 Å². The van der Waals surface area contributed by atoms with E-state index in [1.807, 2.05) is 27.7 Å². The molecule has 0 aromatic carbocycles. The average Bonchev–Trinajstić information content (AvgIpc) is 3.33. The van der Waals surface area contributed by atoms with Crippen LogP contribution in [0.1, 0.15) is 34.1 Å². The fraction of sp³-hybridized carbons (Fsp3) is 0.714. The number of amides is 3. The van der Waals surface area contributed by atoms with Crippen molar-refractivity contribution < 1.29 is 14.4 Å². The van der Waals surface area contributed by atoms with Gasteiger partial charge in [0.1, 0.15) is 0 Å². The standard InChI is InChI=1S/C21H33N5O3/c1-5-22-20(24-9-8-23-19(29)21(2,3)4)25-10-11-26-17(27)15-13-6-7-14(12-13)16(15)18(26)28/h6-7,13-16H,5,8-12H2,1-4H3,(H,23,29)(H2,22,24,25). The molecule has 0 radical (unpaired) electrons. The third-order valence-electron chi connectivity index (χ3n) is 5.88. The van der Waals surface area contributed by atoms with Crippen LogP contribution >= 0.6 is 0 Å². The Hall–Kier alpha value is -2.38. The molecule has 4 atom stereocenters. The fourth-order valence-electron chi connectivity index (χ4n) is 4.41. The second-order valence-corrected chi connectivity index (χ2v) is 9.02. The van der Waals surface area contributed by atoms with Crippen LogP contribution in [0.2, 0.25) is 0 Å². The van der Waals surface area contributed by atoms with Gasteiger partial charge in [0.15, 0.2) is 5.96 Å². The normalized spacial score (nSPS) is 28.1. The Bertz CT molecular complexity index is 694. The summed E-state index contributed by atoms with van der Waals surface area (Å²) in [5, 5.41) is 9.18. The van der Waals surface area contributed by atoms with E-state index in [0.29, 0.717) is 38.7 Å². The van der Waals surface area contributed by atoms with Crippen molar-refractivity contribution in [3.8, 4) is 0 Å². The van der Waals surface area contributed by atoms with Crippen LogP contribution in [0.15, 0.2) is 17.1 Å². The molecule has 2 aliphatic carbocycles. The van der Waals surface area contributed by atoms with Crippen molar-refractivity contribution in [1.29, 1.82) is 0 Å². The lowest BCUT2D eigenvalue weighted by Gasteiger charge is -2.19. The van der Waals surface area contributed by atoms with Gasteiger partial charge < -0.3 is 16.0 Å². The molecule has 160 valence electrons. The van der Waals surface area contributed by atoms with Gasteiger partial charge in [0.05, 0.1) is 18.4 Å². The Balaban J connectivity index is 1.45. The second kappa shape index (κ2) is 8.55. The number of hydrogen-bond acceptors (Lipinski definition) is 4. The molecule has 2 bridgehead atoms. The molecule has 1 aliphatic heterocycles. The molecular formula is C21H33N5O3. The van der Waals surface area contributed by atoms with Crippen LogP contribution in [0.4, 0.5) is 0 Å². The second-order valence-electron chi connectivity index (χ2n) is 9.02. The van der Waals surface area contributed by atoms with Gasteiger partial charge in [-0.15, -0.1) is 0 Å². The highest BCUT2D eigenvalue weighted by atomic mass is 16.2. The van der Waals surface area contributed by atoms with E-state index in [9.17, 15) is 14.4 Å². The largest absolute Gasteiger partial charge is 0.357 e. The van der Waals surface area contributed by atoms with Crippen LogP contribution in [-0.2, 0) is 14.4 Å². The number of aliphatic imine (C=N–C) groups is 1. The zero-order valence-electron chi connectivity index (χ0n) is 17.8. The van der Waals surface area contributed by atoms with Crippen molar-refractivity contribution in [2.24, 2.45) is 34.1 Å². The summed E-state index contributed by atoms with van der Waals surface area (Å²) >= 11 is 0. The molecule has 3 N–H and O–H groups in total. The summed E-state index contributed by atoms with van der Waals surface area (Å²) in [4.78, 5) is 43.1. The molecule has 3 aliphatic rings. The van der Waals surface area contributed by atoms with Gasteiger partial charge in [-0.1, -0.05) is 32.9 Å². The summed E-state index contributed by atoms with van der Waals surface area (Å²) in [6.07, 6.45) is 5.15. The zero-order valence-corrected chi connectivity index (χ0v) is 17.8. The number of rotatable bonds is 7. The zero-order chi connectivity index (χ0) is 21.2. The highest BCUT2D eigenvalue weighted by Gasteiger charge is 2.58. The van der Waals surface area contributed by atoms with Gasteiger partial charge >= 0.3 is 0 Å². The monoisotopic (exact) mass is 403 g/mol. The van der Waals surface area contributed by atoms with Crippen LogP contribution in [0.25, 0.3) is 0 Å². The maximum absolute atomic E-state index is 12.7. The average molecular weight is 404 g/mol. The summed E-state index contributed by atoms with van der Waals surface area (Å²) in [5.74, 6) is 0.736. The maximum Gasteiger partial charge on any atom is 0.233 e. The lowest BCUT2D eigenvalue weighted by molar-refractivity contribution is -0.140. The van der Waals surface area contributed by atoms with Gasteiger partial charge in [-0.05, 0) is 25.2 Å². The first-order valence-electron chi connectivity index (χ1n) is 10.6. The Labute approximate surface area is 172 Å². The van der Waals surface area contributed by atoms with E-state index >= 15 is 0 Å². The van der Waals surface area contributed by atoms with E-state index in [2.05, 4.69) is 33.1 Å². The smallest absolute Gasteiger partial charge is 0.233 e. The van der Waals surface area contributed by atoms with Crippen LogP contribution in [-0.4, -0.2) is 61.3 Å². The van der Waals surface area contributed by atoms with E-state index in [1.165, 1.54) is 4.90 Å². The van der Waals surface area contributed by atoms with E-state index in [0.717, 1.165) is 6.42 Å². The number of carbonyl (C=O) groups is 3. The van der Waals surface area contributed by atoms with Crippen LogP contribution in [0.3, 0.4) is 0 Å². The number of nitrogens with zero attached hydrogens (tertiary/aromatic N) is 2. The van der Waals surface area contributed by atoms with E-state index in [1.54, 1.807) is 0 Å². The van der Waals surface area contributed by atoms with Crippen molar-refractivity contribution >= 4 is 23.7 Å². The van der Waals surface area contributed by atoms with Crippen molar-refractivity contribution in [3.63, 3.8) is 0 Å². The molecule has 3 amide bonds. The van der Waals surface area contributed by atoms with E-state index < -0.39 is 5.41 Å². The van der Waals surface area contributed by atoms with Crippen LogP contribution in [0.5, 0.6) is 0 Å². The number of allylic oxidation sites excluding steroid dienone is 2. The molecule has 29 heavy (non-hydrogen) atoms. The Kier molecular flexibility index (Phi) is 6.29. The van der Waals surface area contributed by atoms with Gasteiger partial charge in [-0.3, -0.25) is 24.3 Å². The molecule has 1 heterocycles. The fourth-order valence-corrected chi connectivity index (χ4v) is 4.41. The first kappa shape index (κ1) is 21.3. The van der Waals surface area contributed by atoms with Gasteiger partial charge in [0.2, 0.25) is 17.7 Å². The molecule has 0 aromatic rings. The maximum atomic E-state index is 12.7. The molecule has 8 nitrogen and oxygen atoms in total. The quantitative estimate of drug-likeness (QED) is 0.189. The summed E-state index contributed by atoms with van der Waals surface area (Å²) < 4.78 is 0. The molecule has 3 rings (SSSR count). The highest BCUT2D eigenvalue weighted by molar-refractivity contribution is 6.06. The molecule has 0 spiro atoms. The third-order valence-corrected chi connectivity index (χ3v) is 5.88. The van der Waals surface area contributed by atoms with Gasteiger partial charge in [-0.2, -0.15) is 0 Å². The molecular weight excluding hydrogens is 370 g/mol. The highest BCUT2D eigenvalue weighted by Crippen LogP contribution is 2.52. The predicted molar refractivity (Wildman–Crippen MR) is 111 cm³/mol. The Morgan fingerprint density at radius 1 is 1.07 bits per heavy atom. The summed E-state index contributed by atoms with van der Waals surface area (Å²) in [7, 11) is 0. The molecule has 4 unspecified atom stereocenters. The Morgan fingerprint density at radius 3 is 2.24 bits per heavy atom. The third kappa shape index (κ3) is 4.46. The summed E-state index contributed by atoms with van der Waals surface area (Å²) in [6, 6.07) is 0. The van der Waals surface area contributed by atoms with Crippen molar-refractivity contribution in [2.45, 2.75) is 34.1 Å². The molecule has 0 aromatic heterocycles. The number of carbonyl (C=O) groups excluding carboxylic acids is 3. The number of nitrogens with one attached hydrogen (secondary N) is 3. The van der Waals surface area contributed by atoms with Crippen molar-refractivity contribution in [3.05, 3.63) is 12.2 Å². The van der Waals surface area contributed by atoms with Gasteiger partial charge in [0.25, 0.3) is 0 Å². The first-order chi connectivity index (χ1) is 13.7. The van der Waals surface area contributed by atoms with Crippen LogP contribution in [0, 0.1) is 29.1 Å². The van der Waals surface area contributed by atoms with Gasteiger partial charge in [0, 0.05) is 31.6 Å². The minimum atomic E-state index is -0.422. The van der Waals surface area contributed by atoms with Crippen LogP contribution < -0.4 is 16.0 Å². The molecule has 1 saturated heterocycles. The number of imide groups is 1. The Morgan fingerprint density at radius 2 is 1.69 bits per heavy atom. The topological polar surface area (TPSA) is 103 Å². The minimum Gasteiger partial charge on any atom is -0.357 e. The number of guanidine groups is 1. The van der Waals surface area contributed by atoms with Gasteiger partial charge in [-0.25, -0.2) is 0 Å². The SMILES string of the molecule is CCNC(=NCCNC(=O)C(C)(C)C)NCCN1C(=O)C2C3C=CC(C3)C2C1=O. The minimum absolute atomic E-state index is 0.00859. The van der Waals surface area contributed by atoms with Crippen molar-refractivity contribution in [2.75, 3.05) is 32.7 Å². The first-order valence-corrected chi connectivity index (χ1v) is 10.6. The number of likely N-dealkylation sites (tertiary alicyclic amines) is 1. The van der Waals surface area contributed by atoms with E-state index in [4.69, 9.17) is 0 Å². The summed E-state index contributed by atoms with van der Waals surface area (Å²) in [6.45, 7) is 9.95. The molecule has 8 heteroatoms. The van der Waals surface area contributed by atoms with Crippen molar-refractivity contribution in [1.82, 2.24) is 20.9 Å². The predicted octanol–water partition coefficient (Wildman–Crippen LogP) is 0.511. The number of fused-ring (bicyclic) bond motifs is 5. The lowest BCUT2D eigenvalue weighted by Crippen LogP contribution is -2.44.